The summed E-state index contributed by atoms with van der Waals surface area (Å²) in [7, 11) is 0. The molecule has 2 aromatic heterocycles. The Balaban J connectivity index is 2.26. The molecule has 4 nitrogen and oxygen atoms in total. The number of nitrogens with two attached hydrogens (primary N) is 1. The quantitative estimate of drug-likeness (QED) is 0.780. The second kappa shape index (κ2) is 4.27. The molecule has 0 amide bonds. The highest BCUT2D eigenvalue weighted by atomic mass is 32.2. The number of anilines is 1. The van der Waals surface area contributed by atoms with Crippen LogP contribution >= 0.6 is 11.8 Å². The number of aryl methyl sites for hydroxylation is 1. The Morgan fingerprint density at radius 2 is 2.13 bits per heavy atom. The van der Waals surface area contributed by atoms with Crippen LogP contribution in [0.25, 0.3) is 0 Å². The standard InChI is InChI=1S/C10H10N4S/c1-7-2-5-13-10(14-7)15-9-3-4-12-6-8(9)11/h2-6H,11H2,1H3. The van der Waals surface area contributed by atoms with Crippen molar-refractivity contribution in [2.24, 2.45) is 0 Å². The summed E-state index contributed by atoms with van der Waals surface area (Å²) in [5, 5.41) is 0.702. The van der Waals surface area contributed by atoms with Crippen LogP contribution in [0.4, 0.5) is 5.69 Å². The van der Waals surface area contributed by atoms with Crippen LogP contribution in [0.1, 0.15) is 5.69 Å². The second-order valence-electron chi connectivity index (χ2n) is 3.00. The van der Waals surface area contributed by atoms with Crippen molar-refractivity contribution in [2.75, 3.05) is 5.73 Å². The second-order valence-corrected chi connectivity index (χ2v) is 4.01. The van der Waals surface area contributed by atoms with E-state index < -0.39 is 0 Å². The van der Waals surface area contributed by atoms with Crippen molar-refractivity contribution in [3.63, 3.8) is 0 Å². The largest absolute Gasteiger partial charge is 0.397 e. The third kappa shape index (κ3) is 2.44. The zero-order valence-corrected chi connectivity index (χ0v) is 9.03. The molecule has 2 N–H and O–H groups in total. The predicted octanol–water partition coefficient (Wildman–Crippen LogP) is 1.91. The van der Waals surface area contributed by atoms with Gasteiger partial charge in [-0.3, -0.25) is 4.98 Å². The van der Waals surface area contributed by atoms with Crippen molar-refractivity contribution in [2.45, 2.75) is 17.0 Å². The topological polar surface area (TPSA) is 64.7 Å². The molecule has 0 aromatic carbocycles. The zero-order chi connectivity index (χ0) is 10.7. The van der Waals surface area contributed by atoms with Gasteiger partial charge in [-0.1, -0.05) is 0 Å². The van der Waals surface area contributed by atoms with Gasteiger partial charge in [0.1, 0.15) is 0 Å². The molecule has 0 fully saturated rings. The summed E-state index contributed by atoms with van der Waals surface area (Å²) in [6, 6.07) is 3.71. The first kappa shape index (κ1) is 9.92. The third-order valence-corrected chi connectivity index (χ3v) is 2.76. The van der Waals surface area contributed by atoms with Crippen molar-refractivity contribution < 1.29 is 0 Å². The van der Waals surface area contributed by atoms with Crippen LogP contribution in [0.15, 0.2) is 40.8 Å². The van der Waals surface area contributed by atoms with Crippen LogP contribution in [-0.4, -0.2) is 15.0 Å². The van der Waals surface area contributed by atoms with E-state index in [1.807, 2.05) is 19.1 Å². The highest BCUT2D eigenvalue weighted by Gasteiger charge is 2.03. The predicted molar refractivity (Wildman–Crippen MR) is 59.5 cm³/mol. The number of hydrogen-bond donors (Lipinski definition) is 1. The number of rotatable bonds is 2. The highest BCUT2D eigenvalue weighted by molar-refractivity contribution is 7.99. The van der Waals surface area contributed by atoms with Gasteiger partial charge in [-0.05, 0) is 30.8 Å². The maximum Gasteiger partial charge on any atom is 0.192 e. The molecular weight excluding hydrogens is 208 g/mol. The van der Waals surface area contributed by atoms with Crippen LogP contribution < -0.4 is 5.73 Å². The average molecular weight is 218 g/mol. The maximum atomic E-state index is 5.77. The maximum absolute atomic E-state index is 5.77. The lowest BCUT2D eigenvalue weighted by Crippen LogP contribution is -1.92. The van der Waals surface area contributed by atoms with E-state index in [2.05, 4.69) is 15.0 Å². The molecule has 0 saturated carbocycles. The summed E-state index contributed by atoms with van der Waals surface area (Å²) < 4.78 is 0. The lowest BCUT2D eigenvalue weighted by Gasteiger charge is -2.02. The Morgan fingerprint density at radius 1 is 1.27 bits per heavy atom. The SMILES string of the molecule is Cc1ccnc(Sc2ccncc2N)n1. The van der Waals surface area contributed by atoms with Gasteiger partial charge in [0.2, 0.25) is 0 Å². The highest BCUT2D eigenvalue weighted by Crippen LogP contribution is 2.28. The van der Waals surface area contributed by atoms with Gasteiger partial charge in [0.25, 0.3) is 0 Å². The number of pyridine rings is 1. The lowest BCUT2D eigenvalue weighted by atomic mass is 10.4. The molecule has 0 aliphatic carbocycles. The first-order chi connectivity index (χ1) is 7.25. The smallest absolute Gasteiger partial charge is 0.192 e. The molecule has 5 heteroatoms. The van der Waals surface area contributed by atoms with Crippen molar-refractivity contribution in [1.82, 2.24) is 15.0 Å². The van der Waals surface area contributed by atoms with Crippen LogP contribution in [0, 0.1) is 6.92 Å². The normalized spacial score (nSPS) is 10.2. The molecule has 0 saturated heterocycles. The molecular formula is C10H10N4S. The van der Waals surface area contributed by atoms with Crippen molar-refractivity contribution in [3.05, 3.63) is 36.4 Å². The van der Waals surface area contributed by atoms with Crippen molar-refractivity contribution in [1.29, 1.82) is 0 Å². The molecule has 15 heavy (non-hydrogen) atoms. The van der Waals surface area contributed by atoms with Gasteiger partial charge in [-0.15, -0.1) is 0 Å². The van der Waals surface area contributed by atoms with Gasteiger partial charge in [0.15, 0.2) is 5.16 Å². The number of hydrogen-bond acceptors (Lipinski definition) is 5. The zero-order valence-electron chi connectivity index (χ0n) is 8.21. The number of nitrogen functional groups attached to an aromatic ring is 1. The molecule has 2 aromatic rings. The Kier molecular flexibility index (Phi) is 2.82. The van der Waals surface area contributed by atoms with Gasteiger partial charge in [0.05, 0.1) is 11.9 Å². The van der Waals surface area contributed by atoms with Gasteiger partial charge in [0, 0.05) is 23.0 Å². The molecule has 0 unspecified atom stereocenters. The summed E-state index contributed by atoms with van der Waals surface area (Å²) >= 11 is 1.44. The lowest BCUT2D eigenvalue weighted by molar-refractivity contribution is 0.932. The molecule has 0 spiro atoms. The monoisotopic (exact) mass is 218 g/mol. The average Bonchev–Trinajstić information content (AvgIpc) is 2.22. The van der Waals surface area contributed by atoms with Crippen LogP contribution in [0.5, 0.6) is 0 Å². The van der Waals surface area contributed by atoms with E-state index >= 15 is 0 Å². The van der Waals surface area contributed by atoms with Crippen LogP contribution in [0.3, 0.4) is 0 Å². The van der Waals surface area contributed by atoms with E-state index in [1.165, 1.54) is 11.8 Å². The third-order valence-electron chi connectivity index (χ3n) is 1.78. The Bertz CT molecular complexity index is 472. The van der Waals surface area contributed by atoms with Crippen LogP contribution in [0.2, 0.25) is 0 Å². The van der Waals surface area contributed by atoms with E-state index in [0.717, 1.165) is 10.6 Å². The first-order valence-corrected chi connectivity index (χ1v) is 5.24. The van der Waals surface area contributed by atoms with E-state index in [1.54, 1.807) is 18.6 Å². The van der Waals surface area contributed by atoms with Gasteiger partial charge in [-0.25, -0.2) is 9.97 Å². The molecule has 2 rings (SSSR count). The fraction of sp³-hybridized carbons (Fsp3) is 0.100. The fourth-order valence-electron chi connectivity index (χ4n) is 1.06. The molecule has 76 valence electrons. The van der Waals surface area contributed by atoms with Gasteiger partial charge in [-0.2, -0.15) is 0 Å². The summed E-state index contributed by atoms with van der Waals surface area (Å²) in [5.74, 6) is 0. The van der Waals surface area contributed by atoms with Crippen LogP contribution in [-0.2, 0) is 0 Å². The summed E-state index contributed by atoms with van der Waals surface area (Å²) in [4.78, 5) is 13.3. The molecule has 2 heterocycles. The fourth-order valence-corrected chi connectivity index (χ4v) is 1.86. The number of nitrogens with zero attached hydrogens (tertiary/aromatic N) is 3. The van der Waals surface area contributed by atoms with Gasteiger partial charge >= 0.3 is 0 Å². The van der Waals surface area contributed by atoms with E-state index in [4.69, 9.17) is 5.73 Å². The molecule has 0 radical (unpaired) electrons. The Morgan fingerprint density at radius 3 is 2.87 bits per heavy atom. The van der Waals surface area contributed by atoms with Crippen molar-refractivity contribution >= 4 is 17.4 Å². The minimum absolute atomic E-state index is 0.646. The van der Waals surface area contributed by atoms with Crippen molar-refractivity contribution in [3.8, 4) is 0 Å². The Labute approximate surface area is 92.0 Å². The Hall–Kier alpha value is -1.62. The summed E-state index contributed by atoms with van der Waals surface area (Å²) in [5.41, 5.74) is 7.36. The summed E-state index contributed by atoms with van der Waals surface area (Å²) in [6.07, 6.45) is 5.06. The molecule has 0 atom stereocenters. The summed E-state index contributed by atoms with van der Waals surface area (Å²) in [6.45, 7) is 1.93. The van der Waals surface area contributed by atoms with Gasteiger partial charge < -0.3 is 5.73 Å². The number of aromatic nitrogens is 3. The van der Waals surface area contributed by atoms with E-state index in [0.29, 0.717) is 10.8 Å². The molecule has 0 aliphatic heterocycles. The molecule has 0 aliphatic rings. The first-order valence-electron chi connectivity index (χ1n) is 4.43. The minimum atomic E-state index is 0.646. The van der Waals surface area contributed by atoms with E-state index in [9.17, 15) is 0 Å². The minimum Gasteiger partial charge on any atom is -0.397 e. The molecule has 0 bridgehead atoms. The van der Waals surface area contributed by atoms with E-state index in [-0.39, 0.29) is 0 Å².